The molecular weight excluding hydrogens is 444 g/mol. The van der Waals surface area contributed by atoms with Gasteiger partial charge in [0.2, 0.25) is 0 Å². The number of nitrogens with one attached hydrogen (secondary N) is 1. The monoisotopic (exact) mass is 468 g/mol. The lowest BCUT2D eigenvalue weighted by molar-refractivity contribution is -0.384. The minimum atomic E-state index is -0.433. The third kappa shape index (κ3) is 5.95. The van der Waals surface area contributed by atoms with E-state index < -0.39 is 4.92 Å². The van der Waals surface area contributed by atoms with E-state index in [-0.39, 0.29) is 30.0 Å². The van der Waals surface area contributed by atoms with Gasteiger partial charge in [0.15, 0.2) is 5.96 Å². The van der Waals surface area contributed by atoms with Gasteiger partial charge in [0.1, 0.15) is 5.75 Å². The van der Waals surface area contributed by atoms with E-state index in [1.54, 1.807) is 25.3 Å². The van der Waals surface area contributed by atoms with Crippen molar-refractivity contribution >= 4 is 30.0 Å². The SMILES string of the molecule is COc1ccc(-c2cc(-c3cccc([N+](=O)[O-])c3)nc(N=C(N)NC3CCCC3)n2)cc1.Cl. The standard InChI is InChI=1S/C23H24N6O3.ClH/c1-32-19-11-9-15(10-12-19)20-14-21(16-5-4-8-18(13-16)29(30)31)27-23(26-20)28-22(24)25-17-6-2-3-7-17;/h4-5,8-14,17H,2-3,6-7H2,1H3,(H3,24,25,26,27,28);1H. The van der Waals surface area contributed by atoms with Gasteiger partial charge in [-0.15, -0.1) is 12.4 Å². The van der Waals surface area contributed by atoms with Crippen LogP contribution in [0.25, 0.3) is 22.5 Å². The van der Waals surface area contributed by atoms with Crippen LogP contribution in [0.15, 0.2) is 59.6 Å². The van der Waals surface area contributed by atoms with E-state index in [0.29, 0.717) is 23.0 Å². The Bertz CT molecular complexity index is 1150. The molecule has 10 heteroatoms. The molecule has 172 valence electrons. The summed E-state index contributed by atoms with van der Waals surface area (Å²) in [5, 5.41) is 14.5. The Hall–Kier alpha value is -3.72. The van der Waals surface area contributed by atoms with Gasteiger partial charge in [0.25, 0.3) is 11.6 Å². The number of halogens is 1. The van der Waals surface area contributed by atoms with Crippen LogP contribution in [0.1, 0.15) is 25.7 Å². The Kier molecular flexibility index (Phi) is 7.78. The molecule has 3 N–H and O–H groups in total. The van der Waals surface area contributed by atoms with Crippen LogP contribution in [0.3, 0.4) is 0 Å². The normalized spacial score (nSPS) is 13.9. The van der Waals surface area contributed by atoms with Crippen molar-refractivity contribution in [2.45, 2.75) is 31.7 Å². The lowest BCUT2D eigenvalue weighted by atomic mass is 10.1. The van der Waals surface area contributed by atoms with E-state index in [1.165, 1.54) is 25.0 Å². The van der Waals surface area contributed by atoms with Crippen LogP contribution in [-0.4, -0.2) is 34.0 Å². The smallest absolute Gasteiger partial charge is 0.270 e. The number of ether oxygens (including phenoxy) is 1. The summed E-state index contributed by atoms with van der Waals surface area (Å²) in [6.07, 6.45) is 4.46. The zero-order valence-electron chi connectivity index (χ0n) is 18.1. The molecule has 3 aromatic rings. The van der Waals surface area contributed by atoms with Gasteiger partial charge in [-0.3, -0.25) is 10.1 Å². The number of hydrogen-bond donors (Lipinski definition) is 2. The third-order valence-corrected chi connectivity index (χ3v) is 5.38. The van der Waals surface area contributed by atoms with Crippen molar-refractivity contribution in [2.24, 2.45) is 10.7 Å². The molecule has 1 aliphatic carbocycles. The number of non-ortho nitro benzene ring substituents is 1. The number of nitro groups is 1. The number of methoxy groups -OCH3 is 1. The Morgan fingerprint density at radius 2 is 1.76 bits per heavy atom. The molecule has 1 fully saturated rings. The summed E-state index contributed by atoms with van der Waals surface area (Å²) in [6, 6.07) is 15.8. The van der Waals surface area contributed by atoms with E-state index in [2.05, 4.69) is 20.3 Å². The van der Waals surface area contributed by atoms with E-state index in [0.717, 1.165) is 24.2 Å². The Labute approximate surface area is 197 Å². The van der Waals surface area contributed by atoms with Crippen molar-refractivity contribution < 1.29 is 9.66 Å². The molecule has 0 amide bonds. The first kappa shape index (κ1) is 23.9. The Balaban J connectivity index is 0.00000306. The molecule has 0 spiro atoms. The second-order valence-electron chi connectivity index (χ2n) is 7.60. The first-order chi connectivity index (χ1) is 15.5. The van der Waals surface area contributed by atoms with Crippen LogP contribution in [0, 0.1) is 10.1 Å². The summed E-state index contributed by atoms with van der Waals surface area (Å²) < 4.78 is 5.23. The maximum absolute atomic E-state index is 11.2. The molecule has 0 bridgehead atoms. The highest BCUT2D eigenvalue weighted by molar-refractivity contribution is 5.85. The van der Waals surface area contributed by atoms with Gasteiger partial charge >= 0.3 is 0 Å². The highest BCUT2D eigenvalue weighted by Crippen LogP contribution is 2.29. The lowest BCUT2D eigenvalue weighted by Crippen LogP contribution is -2.38. The summed E-state index contributed by atoms with van der Waals surface area (Å²) in [7, 11) is 1.60. The van der Waals surface area contributed by atoms with Gasteiger partial charge in [-0.25, -0.2) is 9.97 Å². The van der Waals surface area contributed by atoms with Crippen molar-refractivity contribution in [1.82, 2.24) is 15.3 Å². The number of benzene rings is 2. The molecule has 9 nitrogen and oxygen atoms in total. The number of nitro benzene ring substituents is 1. The predicted molar refractivity (Wildman–Crippen MR) is 130 cm³/mol. The Morgan fingerprint density at radius 3 is 2.39 bits per heavy atom. The molecule has 0 radical (unpaired) electrons. The first-order valence-electron chi connectivity index (χ1n) is 10.4. The summed E-state index contributed by atoms with van der Waals surface area (Å²) in [6.45, 7) is 0. The minimum Gasteiger partial charge on any atom is -0.497 e. The van der Waals surface area contributed by atoms with E-state index in [9.17, 15) is 10.1 Å². The molecule has 1 aliphatic rings. The summed E-state index contributed by atoms with van der Waals surface area (Å²) in [5.74, 6) is 1.17. The average Bonchev–Trinajstić information content (AvgIpc) is 3.32. The Morgan fingerprint density at radius 1 is 1.09 bits per heavy atom. The molecule has 1 saturated carbocycles. The van der Waals surface area contributed by atoms with Gasteiger partial charge in [0, 0.05) is 29.3 Å². The quantitative estimate of drug-likeness (QED) is 0.233. The van der Waals surface area contributed by atoms with Gasteiger partial charge in [0.05, 0.1) is 23.4 Å². The maximum atomic E-state index is 11.2. The second kappa shape index (κ2) is 10.7. The van der Waals surface area contributed by atoms with Crippen molar-refractivity contribution in [1.29, 1.82) is 0 Å². The fraction of sp³-hybridized carbons (Fsp3) is 0.261. The second-order valence-corrected chi connectivity index (χ2v) is 7.60. The average molecular weight is 469 g/mol. The van der Waals surface area contributed by atoms with E-state index in [1.807, 2.05) is 24.3 Å². The van der Waals surface area contributed by atoms with E-state index >= 15 is 0 Å². The van der Waals surface area contributed by atoms with Gasteiger partial charge < -0.3 is 15.8 Å². The summed E-state index contributed by atoms with van der Waals surface area (Å²) in [4.78, 5) is 24.3. The first-order valence-corrected chi connectivity index (χ1v) is 10.4. The molecule has 0 atom stereocenters. The fourth-order valence-electron chi connectivity index (χ4n) is 3.74. The van der Waals surface area contributed by atoms with Crippen LogP contribution in [0.5, 0.6) is 5.75 Å². The van der Waals surface area contributed by atoms with E-state index in [4.69, 9.17) is 10.5 Å². The fourth-order valence-corrected chi connectivity index (χ4v) is 3.74. The molecule has 2 aromatic carbocycles. The van der Waals surface area contributed by atoms with Crippen molar-refractivity contribution in [3.63, 3.8) is 0 Å². The predicted octanol–water partition coefficient (Wildman–Crippen LogP) is 4.63. The molecule has 0 saturated heterocycles. The van der Waals surface area contributed by atoms with Crippen molar-refractivity contribution in [2.75, 3.05) is 7.11 Å². The molecule has 1 heterocycles. The number of guanidine groups is 1. The highest BCUT2D eigenvalue weighted by Gasteiger charge is 2.16. The topological polar surface area (TPSA) is 129 Å². The number of nitrogens with zero attached hydrogens (tertiary/aromatic N) is 4. The molecule has 33 heavy (non-hydrogen) atoms. The zero-order chi connectivity index (χ0) is 22.5. The van der Waals surface area contributed by atoms with Gasteiger partial charge in [-0.05, 0) is 43.2 Å². The summed E-state index contributed by atoms with van der Waals surface area (Å²) >= 11 is 0. The van der Waals surface area contributed by atoms with Crippen LogP contribution >= 0.6 is 12.4 Å². The summed E-state index contributed by atoms with van der Waals surface area (Å²) in [5.41, 5.74) is 8.67. The number of aliphatic imine (C=N–C) groups is 1. The number of hydrogen-bond acceptors (Lipinski definition) is 6. The molecular formula is C23H25ClN6O3. The highest BCUT2D eigenvalue weighted by atomic mass is 35.5. The molecule has 1 aromatic heterocycles. The van der Waals surface area contributed by atoms with Crippen molar-refractivity contribution in [3.05, 3.63) is 64.7 Å². The number of aromatic nitrogens is 2. The van der Waals surface area contributed by atoms with Crippen LogP contribution in [0.4, 0.5) is 11.6 Å². The number of nitrogens with two attached hydrogens (primary N) is 1. The van der Waals surface area contributed by atoms with Crippen LogP contribution in [0.2, 0.25) is 0 Å². The molecule has 0 unspecified atom stereocenters. The lowest BCUT2D eigenvalue weighted by Gasteiger charge is -2.12. The molecule has 4 rings (SSSR count). The zero-order valence-corrected chi connectivity index (χ0v) is 18.9. The maximum Gasteiger partial charge on any atom is 0.270 e. The van der Waals surface area contributed by atoms with Crippen LogP contribution in [-0.2, 0) is 0 Å². The third-order valence-electron chi connectivity index (χ3n) is 5.38. The largest absolute Gasteiger partial charge is 0.497 e. The number of rotatable bonds is 6. The van der Waals surface area contributed by atoms with Crippen molar-refractivity contribution in [3.8, 4) is 28.3 Å². The minimum absolute atomic E-state index is 0. The van der Waals surface area contributed by atoms with Gasteiger partial charge in [-0.1, -0.05) is 25.0 Å². The van der Waals surface area contributed by atoms with Crippen LogP contribution < -0.4 is 15.8 Å². The van der Waals surface area contributed by atoms with Gasteiger partial charge in [-0.2, -0.15) is 4.99 Å². The molecule has 0 aliphatic heterocycles.